The number of carbonyl (C=O) groups excluding carboxylic acids is 1. The predicted octanol–water partition coefficient (Wildman–Crippen LogP) is 3.43. The molecule has 0 bridgehead atoms. The standard InChI is InChI=1S/C10H9BrClFO2/c1-2-15-10(14)9(12)7-5-6(13)3-4-8(7)11/h3-5,9H,2H2,1H3. The first kappa shape index (κ1) is 12.5. The fourth-order valence-electron chi connectivity index (χ4n) is 1.05. The molecule has 0 aliphatic carbocycles. The van der Waals surface area contributed by atoms with E-state index in [1.54, 1.807) is 6.92 Å². The van der Waals surface area contributed by atoms with Crippen molar-refractivity contribution < 1.29 is 13.9 Å². The van der Waals surface area contributed by atoms with Crippen molar-refractivity contribution in [1.29, 1.82) is 0 Å². The molecular weight excluding hydrogens is 286 g/mol. The van der Waals surface area contributed by atoms with Crippen LogP contribution in [0.4, 0.5) is 4.39 Å². The van der Waals surface area contributed by atoms with Crippen molar-refractivity contribution in [3.63, 3.8) is 0 Å². The molecule has 1 rings (SSSR count). The molecule has 0 heterocycles. The second kappa shape index (κ2) is 5.47. The van der Waals surface area contributed by atoms with Gasteiger partial charge >= 0.3 is 5.97 Å². The summed E-state index contributed by atoms with van der Waals surface area (Å²) in [6, 6.07) is 3.99. The van der Waals surface area contributed by atoms with Crippen molar-refractivity contribution in [3.05, 3.63) is 34.1 Å². The number of benzene rings is 1. The fraction of sp³-hybridized carbons (Fsp3) is 0.300. The van der Waals surface area contributed by atoms with E-state index in [9.17, 15) is 9.18 Å². The van der Waals surface area contributed by atoms with Gasteiger partial charge in [-0.2, -0.15) is 0 Å². The Bertz CT molecular complexity index is 370. The zero-order chi connectivity index (χ0) is 11.4. The summed E-state index contributed by atoms with van der Waals surface area (Å²) in [5.41, 5.74) is 0.370. The number of rotatable bonds is 3. The van der Waals surface area contributed by atoms with Gasteiger partial charge in [0.1, 0.15) is 5.82 Å². The smallest absolute Gasteiger partial charge is 0.328 e. The van der Waals surface area contributed by atoms with Crippen molar-refractivity contribution in [2.24, 2.45) is 0 Å². The molecular formula is C10H9BrClFO2. The minimum atomic E-state index is -0.991. The summed E-state index contributed by atoms with van der Waals surface area (Å²) in [5.74, 6) is -1.02. The monoisotopic (exact) mass is 294 g/mol. The maximum atomic E-state index is 12.9. The number of carbonyl (C=O) groups is 1. The summed E-state index contributed by atoms with van der Waals surface area (Å²) in [7, 11) is 0. The first-order valence-electron chi connectivity index (χ1n) is 4.32. The molecule has 5 heteroatoms. The third-order valence-electron chi connectivity index (χ3n) is 1.72. The molecule has 0 aliphatic rings. The Morgan fingerprint density at radius 2 is 2.33 bits per heavy atom. The van der Waals surface area contributed by atoms with Crippen LogP contribution in [0.5, 0.6) is 0 Å². The number of alkyl halides is 1. The number of ether oxygens (including phenoxy) is 1. The van der Waals surface area contributed by atoms with Crippen LogP contribution in [0.25, 0.3) is 0 Å². The maximum Gasteiger partial charge on any atom is 0.328 e. The second-order valence-corrected chi connectivity index (χ2v) is 4.07. The van der Waals surface area contributed by atoms with Crippen molar-refractivity contribution in [2.45, 2.75) is 12.3 Å². The first-order valence-corrected chi connectivity index (χ1v) is 5.55. The van der Waals surface area contributed by atoms with E-state index in [-0.39, 0.29) is 6.61 Å². The van der Waals surface area contributed by atoms with Crippen LogP contribution >= 0.6 is 27.5 Å². The lowest BCUT2D eigenvalue weighted by atomic mass is 10.1. The number of halogens is 3. The summed E-state index contributed by atoms with van der Waals surface area (Å²) >= 11 is 9.03. The molecule has 2 nitrogen and oxygen atoms in total. The highest BCUT2D eigenvalue weighted by molar-refractivity contribution is 9.10. The van der Waals surface area contributed by atoms with E-state index in [1.807, 2.05) is 0 Å². The second-order valence-electron chi connectivity index (χ2n) is 2.78. The quantitative estimate of drug-likeness (QED) is 0.631. The van der Waals surface area contributed by atoms with E-state index in [4.69, 9.17) is 16.3 Å². The molecule has 15 heavy (non-hydrogen) atoms. The van der Waals surface area contributed by atoms with Gasteiger partial charge < -0.3 is 4.74 Å². The van der Waals surface area contributed by atoms with E-state index < -0.39 is 17.2 Å². The van der Waals surface area contributed by atoms with Crippen LogP contribution in [0.1, 0.15) is 17.9 Å². The molecule has 0 fully saturated rings. The molecule has 0 saturated carbocycles. The van der Waals surface area contributed by atoms with Gasteiger partial charge in [0.05, 0.1) is 6.61 Å². The van der Waals surface area contributed by atoms with Crippen molar-refractivity contribution in [2.75, 3.05) is 6.61 Å². The minimum Gasteiger partial charge on any atom is -0.465 e. The summed E-state index contributed by atoms with van der Waals surface area (Å²) in [6.45, 7) is 1.93. The van der Waals surface area contributed by atoms with Gasteiger partial charge in [0.2, 0.25) is 0 Å². The number of hydrogen-bond donors (Lipinski definition) is 0. The molecule has 1 unspecified atom stereocenters. The normalized spacial score (nSPS) is 12.3. The van der Waals surface area contributed by atoms with Gasteiger partial charge in [0, 0.05) is 4.47 Å². The molecule has 0 radical (unpaired) electrons. The Balaban J connectivity index is 2.94. The molecule has 0 amide bonds. The van der Waals surface area contributed by atoms with Gasteiger partial charge in [-0.05, 0) is 30.7 Å². The molecule has 1 atom stereocenters. The molecule has 0 aromatic heterocycles. The average Bonchev–Trinajstić information content (AvgIpc) is 2.21. The molecule has 82 valence electrons. The molecule has 0 saturated heterocycles. The fourth-order valence-corrected chi connectivity index (χ4v) is 1.90. The third kappa shape index (κ3) is 3.18. The van der Waals surface area contributed by atoms with E-state index in [0.717, 1.165) is 0 Å². The van der Waals surface area contributed by atoms with E-state index in [1.165, 1.54) is 18.2 Å². The molecule has 0 spiro atoms. The van der Waals surface area contributed by atoms with Crippen LogP contribution < -0.4 is 0 Å². The van der Waals surface area contributed by atoms with E-state index in [0.29, 0.717) is 10.0 Å². The Kier molecular flexibility index (Phi) is 4.54. The van der Waals surface area contributed by atoms with Crippen molar-refractivity contribution in [1.82, 2.24) is 0 Å². The largest absolute Gasteiger partial charge is 0.465 e. The van der Waals surface area contributed by atoms with Crippen LogP contribution in [-0.2, 0) is 9.53 Å². The predicted molar refractivity (Wildman–Crippen MR) is 59.3 cm³/mol. The van der Waals surface area contributed by atoms with Gasteiger partial charge in [-0.3, -0.25) is 4.79 Å². The lowest BCUT2D eigenvalue weighted by molar-refractivity contribution is -0.142. The van der Waals surface area contributed by atoms with Crippen LogP contribution in [0.15, 0.2) is 22.7 Å². The molecule has 1 aromatic carbocycles. The number of esters is 1. The maximum absolute atomic E-state index is 12.9. The van der Waals surface area contributed by atoms with Crippen LogP contribution in [0.3, 0.4) is 0 Å². The molecule has 1 aromatic rings. The molecule has 0 aliphatic heterocycles. The highest BCUT2D eigenvalue weighted by atomic mass is 79.9. The van der Waals surface area contributed by atoms with Crippen molar-refractivity contribution in [3.8, 4) is 0 Å². The van der Waals surface area contributed by atoms with Gasteiger partial charge in [-0.1, -0.05) is 15.9 Å². The Labute approximate surface area is 101 Å². The zero-order valence-electron chi connectivity index (χ0n) is 7.97. The Morgan fingerprint density at radius 1 is 1.67 bits per heavy atom. The topological polar surface area (TPSA) is 26.3 Å². The van der Waals surface area contributed by atoms with Crippen molar-refractivity contribution >= 4 is 33.5 Å². The summed E-state index contributed by atoms with van der Waals surface area (Å²) in [5, 5.41) is -0.991. The van der Waals surface area contributed by atoms with Crippen LogP contribution in [0.2, 0.25) is 0 Å². The summed E-state index contributed by atoms with van der Waals surface area (Å²) in [4.78, 5) is 11.3. The Hall–Kier alpha value is -0.610. The van der Waals surface area contributed by atoms with Gasteiger partial charge in [-0.25, -0.2) is 4.39 Å². The lowest BCUT2D eigenvalue weighted by Gasteiger charge is -2.10. The van der Waals surface area contributed by atoms with Gasteiger partial charge in [-0.15, -0.1) is 11.6 Å². The molecule has 0 N–H and O–H groups in total. The van der Waals surface area contributed by atoms with Gasteiger partial charge in [0.25, 0.3) is 0 Å². The Morgan fingerprint density at radius 3 is 2.93 bits per heavy atom. The van der Waals surface area contributed by atoms with Gasteiger partial charge in [0.15, 0.2) is 5.38 Å². The summed E-state index contributed by atoms with van der Waals surface area (Å²) < 4.78 is 18.2. The summed E-state index contributed by atoms with van der Waals surface area (Å²) in [6.07, 6.45) is 0. The lowest BCUT2D eigenvalue weighted by Crippen LogP contribution is -2.11. The van der Waals surface area contributed by atoms with E-state index >= 15 is 0 Å². The highest BCUT2D eigenvalue weighted by Crippen LogP contribution is 2.29. The average molecular weight is 296 g/mol. The third-order valence-corrected chi connectivity index (χ3v) is 2.86. The highest BCUT2D eigenvalue weighted by Gasteiger charge is 2.21. The SMILES string of the molecule is CCOC(=O)C(Cl)c1cc(F)ccc1Br. The van der Waals surface area contributed by atoms with Crippen LogP contribution in [-0.4, -0.2) is 12.6 Å². The van der Waals surface area contributed by atoms with E-state index in [2.05, 4.69) is 15.9 Å². The first-order chi connectivity index (χ1) is 7.06. The van der Waals surface area contributed by atoms with Crippen LogP contribution in [0, 0.1) is 5.82 Å². The number of hydrogen-bond acceptors (Lipinski definition) is 2. The minimum absolute atomic E-state index is 0.245. The zero-order valence-corrected chi connectivity index (χ0v) is 10.3.